The topological polar surface area (TPSA) is 54.0 Å². The van der Waals surface area contributed by atoms with Crippen LogP contribution < -0.4 is 14.2 Å². The van der Waals surface area contributed by atoms with Gasteiger partial charge in [0.1, 0.15) is 32.2 Å². The second-order valence-corrected chi connectivity index (χ2v) is 5.62. The summed E-state index contributed by atoms with van der Waals surface area (Å²) in [6.07, 6.45) is 0.174. The maximum Gasteiger partial charge on any atom is 0.310 e. The fraction of sp³-hybridized carbons (Fsp3) is 0.278. The lowest BCUT2D eigenvalue weighted by Gasteiger charge is -2.18. The molecule has 0 saturated carbocycles. The Balaban J connectivity index is 1.42. The summed E-state index contributed by atoms with van der Waals surface area (Å²) in [4.78, 5) is 11.9. The molecule has 0 aromatic heterocycles. The highest BCUT2D eigenvalue weighted by atomic mass is 35.5. The SMILES string of the molecule is O=C(Cc1ccc2c(c1)OCCO2)OCCOc1cccc(Cl)c1. The quantitative estimate of drug-likeness (QED) is 0.592. The molecule has 0 unspecified atom stereocenters. The average Bonchev–Trinajstić information content (AvgIpc) is 2.59. The Bertz CT molecular complexity index is 716. The monoisotopic (exact) mass is 348 g/mol. The second kappa shape index (κ2) is 7.93. The summed E-state index contributed by atoms with van der Waals surface area (Å²) in [5.41, 5.74) is 0.819. The molecule has 1 heterocycles. The molecule has 126 valence electrons. The standard InChI is InChI=1S/C18H17ClO5/c19-14-2-1-3-15(12-14)21-6-9-24-18(20)11-13-4-5-16-17(10-13)23-8-7-22-16/h1-5,10,12H,6-9,11H2. The zero-order valence-electron chi connectivity index (χ0n) is 13.0. The lowest BCUT2D eigenvalue weighted by Crippen LogP contribution is -2.16. The molecule has 0 bridgehead atoms. The van der Waals surface area contributed by atoms with Crippen LogP contribution >= 0.6 is 11.6 Å². The minimum atomic E-state index is -0.318. The predicted octanol–water partition coefficient (Wildman–Crippen LogP) is 3.28. The molecule has 6 heteroatoms. The average molecular weight is 349 g/mol. The molecule has 0 amide bonds. The van der Waals surface area contributed by atoms with Gasteiger partial charge in [-0.05, 0) is 35.9 Å². The molecule has 1 aliphatic rings. The molecule has 3 rings (SSSR count). The van der Waals surface area contributed by atoms with Gasteiger partial charge < -0.3 is 18.9 Å². The number of benzene rings is 2. The molecule has 0 spiro atoms. The second-order valence-electron chi connectivity index (χ2n) is 5.18. The third kappa shape index (κ3) is 4.55. The van der Waals surface area contributed by atoms with Crippen LogP contribution in [-0.4, -0.2) is 32.4 Å². The third-order valence-corrected chi connectivity index (χ3v) is 3.60. The Morgan fingerprint density at radius 3 is 2.71 bits per heavy atom. The van der Waals surface area contributed by atoms with Crippen LogP contribution in [0.4, 0.5) is 0 Å². The van der Waals surface area contributed by atoms with Crippen LogP contribution in [0, 0.1) is 0 Å². The maximum atomic E-state index is 11.9. The summed E-state index contributed by atoms with van der Waals surface area (Å²) in [5, 5.41) is 0.600. The van der Waals surface area contributed by atoms with Gasteiger partial charge in [0.05, 0.1) is 6.42 Å². The number of hydrogen-bond acceptors (Lipinski definition) is 5. The van der Waals surface area contributed by atoms with E-state index in [9.17, 15) is 4.79 Å². The normalized spacial score (nSPS) is 12.5. The summed E-state index contributed by atoms with van der Waals surface area (Å²) in [6.45, 7) is 1.51. The van der Waals surface area contributed by atoms with E-state index in [2.05, 4.69) is 0 Å². The van der Waals surface area contributed by atoms with Crippen molar-refractivity contribution in [2.24, 2.45) is 0 Å². The van der Waals surface area contributed by atoms with Crippen molar-refractivity contribution in [3.63, 3.8) is 0 Å². The number of hydrogen-bond donors (Lipinski definition) is 0. The van der Waals surface area contributed by atoms with Crippen molar-refractivity contribution in [1.29, 1.82) is 0 Å². The van der Waals surface area contributed by atoms with Gasteiger partial charge in [0, 0.05) is 5.02 Å². The summed E-state index contributed by atoms with van der Waals surface area (Å²) in [7, 11) is 0. The van der Waals surface area contributed by atoms with Gasteiger partial charge in [-0.3, -0.25) is 4.79 Å². The molecule has 0 fully saturated rings. The molecule has 0 atom stereocenters. The molecule has 2 aromatic rings. The molecule has 2 aromatic carbocycles. The van der Waals surface area contributed by atoms with E-state index < -0.39 is 0 Å². The Labute approximate surface area is 145 Å². The van der Waals surface area contributed by atoms with Crippen LogP contribution in [0.15, 0.2) is 42.5 Å². The first kappa shape index (κ1) is 16.5. The smallest absolute Gasteiger partial charge is 0.310 e. The first-order valence-electron chi connectivity index (χ1n) is 7.63. The van der Waals surface area contributed by atoms with Gasteiger partial charge >= 0.3 is 5.97 Å². The van der Waals surface area contributed by atoms with Gasteiger partial charge in [-0.1, -0.05) is 23.7 Å². The molecular formula is C18H17ClO5. The summed E-state index contributed by atoms with van der Waals surface area (Å²) in [6, 6.07) is 12.5. The molecule has 0 aliphatic carbocycles. The van der Waals surface area contributed by atoms with Crippen LogP contribution in [0.5, 0.6) is 17.2 Å². The summed E-state index contributed by atoms with van der Waals surface area (Å²) >= 11 is 5.86. The fourth-order valence-corrected chi connectivity index (χ4v) is 2.47. The Kier molecular flexibility index (Phi) is 5.43. The zero-order chi connectivity index (χ0) is 16.8. The van der Waals surface area contributed by atoms with E-state index in [4.69, 9.17) is 30.5 Å². The highest BCUT2D eigenvalue weighted by Crippen LogP contribution is 2.30. The first-order valence-corrected chi connectivity index (χ1v) is 8.01. The predicted molar refractivity (Wildman–Crippen MR) is 89.0 cm³/mol. The van der Waals surface area contributed by atoms with Crippen molar-refractivity contribution in [3.05, 3.63) is 53.1 Å². The highest BCUT2D eigenvalue weighted by molar-refractivity contribution is 6.30. The first-order chi connectivity index (χ1) is 11.7. The zero-order valence-corrected chi connectivity index (χ0v) is 13.8. The van der Waals surface area contributed by atoms with Crippen molar-refractivity contribution >= 4 is 17.6 Å². The minimum Gasteiger partial charge on any atom is -0.490 e. The maximum absolute atomic E-state index is 11.9. The third-order valence-electron chi connectivity index (χ3n) is 3.37. The van der Waals surface area contributed by atoms with E-state index in [1.807, 2.05) is 6.07 Å². The van der Waals surface area contributed by atoms with Crippen LogP contribution in [0.1, 0.15) is 5.56 Å². The number of esters is 1. The molecular weight excluding hydrogens is 332 g/mol. The summed E-state index contributed by atoms with van der Waals surface area (Å²) in [5.74, 6) is 1.69. The van der Waals surface area contributed by atoms with Crippen molar-refractivity contribution in [2.75, 3.05) is 26.4 Å². The lowest BCUT2D eigenvalue weighted by atomic mass is 10.1. The largest absolute Gasteiger partial charge is 0.490 e. The number of fused-ring (bicyclic) bond motifs is 1. The van der Waals surface area contributed by atoms with Gasteiger partial charge in [0.2, 0.25) is 0 Å². The van der Waals surface area contributed by atoms with Crippen LogP contribution in [0.25, 0.3) is 0 Å². The van der Waals surface area contributed by atoms with Gasteiger partial charge in [0.15, 0.2) is 11.5 Å². The van der Waals surface area contributed by atoms with E-state index in [0.29, 0.717) is 35.5 Å². The molecule has 1 aliphatic heterocycles. The van der Waals surface area contributed by atoms with Crippen LogP contribution in [-0.2, 0) is 16.0 Å². The van der Waals surface area contributed by atoms with E-state index >= 15 is 0 Å². The van der Waals surface area contributed by atoms with E-state index in [1.165, 1.54) is 0 Å². The van der Waals surface area contributed by atoms with Gasteiger partial charge in [-0.25, -0.2) is 0 Å². The molecule has 0 N–H and O–H groups in total. The van der Waals surface area contributed by atoms with Gasteiger partial charge in [-0.15, -0.1) is 0 Å². The minimum absolute atomic E-state index is 0.174. The molecule has 0 saturated heterocycles. The van der Waals surface area contributed by atoms with Crippen LogP contribution in [0.3, 0.4) is 0 Å². The Morgan fingerprint density at radius 1 is 1.04 bits per heavy atom. The van der Waals surface area contributed by atoms with E-state index in [1.54, 1.807) is 36.4 Å². The van der Waals surface area contributed by atoms with Crippen molar-refractivity contribution < 1.29 is 23.7 Å². The number of rotatable bonds is 6. The van der Waals surface area contributed by atoms with E-state index in [0.717, 1.165) is 5.56 Å². The van der Waals surface area contributed by atoms with Crippen LogP contribution in [0.2, 0.25) is 5.02 Å². The molecule has 0 radical (unpaired) electrons. The van der Waals surface area contributed by atoms with Crippen molar-refractivity contribution in [1.82, 2.24) is 0 Å². The number of carbonyl (C=O) groups excluding carboxylic acids is 1. The Hall–Kier alpha value is -2.40. The number of ether oxygens (including phenoxy) is 4. The van der Waals surface area contributed by atoms with E-state index in [-0.39, 0.29) is 25.6 Å². The highest BCUT2D eigenvalue weighted by Gasteiger charge is 2.13. The summed E-state index contributed by atoms with van der Waals surface area (Å²) < 4.78 is 21.6. The fourth-order valence-electron chi connectivity index (χ4n) is 2.29. The van der Waals surface area contributed by atoms with Crippen molar-refractivity contribution in [2.45, 2.75) is 6.42 Å². The Morgan fingerprint density at radius 2 is 1.88 bits per heavy atom. The molecule has 5 nitrogen and oxygen atoms in total. The molecule has 24 heavy (non-hydrogen) atoms. The lowest BCUT2D eigenvalue weighted by molar-refractivity contribution is -0.143. The van der Waals surface area contributed by atoms with Gasteiger partial charge in [0.25, 0.3) is 0 Å². The van der Waals surface area contributed by atoms with Crippen molar-refractivity contribution in [3.8, 4) is 17.2 Å². The number of halogens is 1. The van der Waals surface area contributed by atoms with Gasteiger partial charge in [-0.2, -0.15) is 0 Å². The number of carbonyl (C=O) groups is 1.